The van der Waals surface area contributed by atoms with Crippen molar-refractivity contribution in [2.24, 2.45) is 0 Å². The number of hydrogen-bond donors (Lipinski definition) is 2. The third-order valence-electron chi connectivity index (χ3n) is 4.49. The highest BCUT2D eigenvalue weighted by Gasteiger charge is 2.08. The summed E-state index contributed by atoms with van der Waals surface area (Å²) in [6.07, 6.45) is 2.09. The van der Waals surface area contributed by atoms with Crippen molar-refractivity contribution < 1.29 is 4.74 Å². The van der Waals surface area contributed by atoms with E-state index in [2.05, 4.69) is 57.4 Å². The average Bonchev–Trinajstić information content (AvgIpc) is 3.04. The zero-order valence-corrected chi connectivity index (χ0v) is 17.5. The fourth-order valence-electron chi connectivity index (χ4n) is 2.91. The summed E-state index contributed by atoms with van der Waals surface area (Å²) in [5.74, 6) is 0.887. The third kappa shape index (κ3) is 5.03. The molecule has 0 saturated carbocycles. The van der Waals surface area contributed by atoms with Gasteiger partial charge in [-0.1, -0.05) is 27.5 Å². The quantitative estimate of drug-likeness (QED) is 0.402. The molecule has 2 aromatic carbocycles. The highest BCUT2D eigenvalue weighted by molar-refractivity contribution is 9.10. The lowest BCUT2D eigenvalue weighted by atomic mass is 10.2. The van der Waals surface area contributed by atoms with Gasteiger partial charge in [0.05, 0.1) is 6.61 Å². The summed E-state index contributed by atoms with van der Waals surface area (Å²) in [5, 5.41) is 5.58. The number of benzene rings is 2. The van der Waals surface area contributed by atoms with Gasteiger partial charge in [-0.05, 0) is 81.3 Å². The van der Waals surface area contributed by atoms with E-state index in [1.165, 1.54) is 16.6 Å². The number of H-pyrrole nitrogens is 1. The molecule has 1 atom stereocenters. The topological polar surface area (TPSA) is 37.0 Å². The normalized spacial score (nSPS) is 12.5. The van der Waals surface area contributed by atoms with E-state index in [1.54, 1.807) is 0 Å². The molecule has 3 rings (SSSR count). The van der Waals surface area contributed by atoms with Crippen LogP contribution in [0, 0.1) is 6.92 Å². The number of aromatic amines is 1. The summed E-state index contributed by atoms with van der Waals surface area (Å²) in [5.41, 5.74) is 3.43. The van der Waals surface area contributed by atoms with Gasteiger partial charge in [0.2, 0.25) is 0 Å². The van der Waals surface area contributed by atoms with Crippen molar-refractivity contribution in [2.75, 3.05) is 13.2 Å². The van der Waals surface area contributed by atoms with Crippen molar-refractivity contribution >= 4 is 38.4 Å². The van der Waals surface area contributed by atoms with E-state index in [0.29, 0.717) is 6.04 Å². The highest BCUT2D eigenvalue weighted by atomic mass is 79.9. The van der Waals surface area contributed by atoms with Crippen molar-refractivity contribution in [1.82, 2.24) is 10.3 Å². The van der Waals surface area contributed by atoms with Crippen molar-refractivity contribution in [3.63, 3.8) is 0 Å². The molecule has 26 heavy (non-hydrogen) atoms. The standard InChI is InChI=1S/C21H24BrClN2O/c1-14-11-18(6-7-19(14)23)26-10-4-3-9-24-15(2)21-13-16-12-17(22)5-8-20(16)25-21/h5-8,11-13,15,24-25H,3-4,9-10H2,1-2H3. The first-order valence-corrected chi connectivity index (χ1v) is 10.1. The Hall–Kier alpha value is -1.49. The number of rotatable bonds is 8. The van der Waals surface area contributed by atoms with Crippen LogP contribution >= 0.6 is 27.5 Å². The van der Waals surface area contributed by atoms with Gasteiger partial charge in [0.1, 0.15) is 5.75 Å². The molecule has 0 aliphatic heterocycles. The second-order valence-corrected chi connectivity index (χ2v) is 7.92. The Morgan fingerprint density at radius 2 is 2.00 bits per heavy atom. The second-order valence-electron chi connectivity index (χ2n) is 6.60. The van der Waals surface area contributed by atoms with E-state index in [4.69, 9.17) is 16.3 Å². The Kier molecular flexibility index (Phi) is 6.63. The van der Waals surface area contributed by atoms with Crippen molar-refractivity contribution in [3.8, 4) is 5.75 Å². The van der Waals surface area contributed by atoms with Crippen molar-refractivity contribution in [3.05, 3.63) is 63.2 Å². The van der Waals surface area contributed by atoms with Crippen molar-refractivity contribution in [1.29, 1.82) is 0 Å². The maximum Gasteiger partial charge on any atom is 0.119 e. The number of nitrogens with one attached hydrogen (secondary N) is 2. The van der Waals surface area contributed by atoms with Crippen LogP contribution in [0.5, 0.6) is 5.75 Å². The summed E-state index contributed by atoms with van der Waals surface area (Å²) in [6, 6.07) is 14.6. The van der Waals surface area contributed by atoms with Crippen molar-refractivity contribution in [2.45, 2.75) is 32.7 Å². The van der Waals surface area contributed by atoms with E-state index in [1.807, 2.05) is 25.1 Å². The molecule has 0 saturated heterocycles. The molecule has 3 aromatic rings. The third-order valence-corrected chi connectivity index (χ3v) is 5.41. The molecule has 2 N–H and O–H groups in total. The number of fused-ring (bicyclic) bond motifs is 1. The van der Waals surface area contributed by atoms with Gasteiger partial charge in [-0.15, -0.1) is 0 Å². The second kappa shape index (κ2) is 8.94. The van der Waals surface area contributed by atoms with Crippen LogP contribution in [-0.2, 0) is 0 Å². The van der Waals surface area contributed by atoms with Gasteiger partial charge in [-0.25, -0.2) is 0 Å². The molecule has 0 aliphatic rings. The summed E-state index contributed by atoms with van der Waals surface area (Å²) < 4.78 is 6.89. The van der Waals surface area contributed by atoms with Gasteiger partial charge in [-0.3, -0.25) is 0 Å². The average molecular weight is 436 g/mol. The lowest BCUT2D eigenvalue weighted by Crippen LogP contribution is -2.20. The zero-order chi connectivity index (χ0) is 18.5. The molecule has 3 nitrogen and oxygen atoms in total. The van der Waals surface area contributed by atoms with Gasteiger partial charge in [-0.2, -0.15) is 0 Å². The van der Waals surface area contributed by atoms with Gasteiger partial charge in [0.15, 0.2) is 0 Å². The predicted octanol–water partition coefficient (Wildman–Crippen LogP) is 6.40. The van der Waals surface area contributed by atoms with E-state index in [-0.39, 0.29) is 0 Å². The molecule has 1 heterocycles. The minimum atomic E-state index is 0.293. The minimum Gasteiger partial charge on any atom is -0.494 e. The number of ether oxygens (including phenoxy) is 1. The minimum absolute atomic E-state index is 0.293. The molecule has 0 amide bonds. The fraction of sp³-hybridized carbons (Fsp3) is 0.333. The zero-order valence-electron chi connectivity index (χ0n) is 15.1. The van der Waals surface area contributed by atoms with Gasteiger partial charge in [0.25, 0.3) is 0 Å². The molecule has 1 unspecified atom stereocenters. The van der Waals surface area contributed by atoms with E-state index in [9.17, 15) is 0 Å². The lowest BCUT2D eigenvalue weighted by molar-refractivity contribution is 0.304. The first-order valence-electron chi connectivity index (χ1n) is 8.93. The summed E-state index contributed by atoms with van der Waals surface area (Å²) in [4.78, 5) is 3.49. The van der Waals surface area contributed by atoms with Gasteiger partial charge in [0, 0.05) is 32.1 Å². The molecule has 0 spiro atoms. The molecule has 0 radical (unpaired) electrons. The lowest BCUT2D eigenvalue weighted by Gasteiger charge is -2.12. The number of aromatic nitrogens is 1. The largest absolute Gasteiger partial charge is 0.494 e. The van der Waals surface area contributed by atoms with Crippen LogP contribution in [0.25, 0.3) is 10.9 Å². The van der Waals surface area contributed by atoms with Gasteiger partial charge < -0.3 is 15.0 Å². The van der Waals surface area contributed by atoms with Gasteiger partial charge >= 0.3 is 0 Å². The van der Waals surface area contributed by atoms with Crippen LogP contribution in [0.2, 0.25) is 5.02 Å². The predicted molar refractivity (Wildman–Crippen MR) is 113 cm³/mol. The smallest absolute Gasteiger partial charge is 0.119 e. The Morgan fingerprint density at radius 3 is 2.81 bits per heavy atom. The summed E-state index contributed by atoms with van der Waals surface area (Å²) >= 11 is 9.55. The first kappa shape index (κ1) is 19.3. The number of hydrogen-bond acceptors (Lipinski definition) is 2. The first-order chi connectivity index (χ1) is 12.5. The van der Waals surface area contributed by atoms with Crippen LogP contribution in [0.3, 0.4) is 0 Å². The Labute approximate surface area is 168 Å². The summed E-state index contributed by atoms with van der Waals surface area (Å²) in [6.45, 7) is 5.86. The summed E-state index contributed by atoms with van der Waals surface area (Å²) in [7, 11) is 0. The van der Waals surface area contributed by atoms with E-state index >= 15 is 0 Å². The van der Waals surface area contributed by atoms with Crippen LogP contribution in [0.1, 0.15) is 37.1 Å². The van der Waals surface area contributed by atoms with E-state index < -0.39 is 0 Å². The molecule has 138 valence electrons. The highest BCUT2D eigenvalue weighted by Crippen LogP contribution is 2.23. The SMILES string of the molecule is Cc1cc(OCCCCNC(C)c2cc3cc(Br)ccc3[nH]2)ccc1Cl. The fourth-order valence-corrected chi connectivity index (χ4v) is 3.41. The van der Waals surface area contributed by atoms with Crippen LogP contribution < -0.4 is 10.1 Å². The Bertz CT molecular complexity index is 878. The molecule has 0 bridgehead atoms. The van der Waals surface area contributed by atoms with E-state index in [0.717, 1.165) is 46.8 Å². The maximum atomic E-state index is 6.03. The number of unbranched alkanes of at least 4 members (excludes halogenated alkanes) is 1. The Balaban J connectivity index is 1.39. The molecular weight excluding hydrogens is 412 g/mol. The molecule has 5 heteroatoms. The van der Waals surface area contributed by atoms with Crippen LogP contribution in [-0.4, -0.2) is 18.1 Å². The Morgan fingerprint density at radius 1 is 1.15 bits per heavy atom. The molecule has 1 aromatic heterocycles. The molecule has 0 fully saturated rings. The molecule has 0 aliphatic carbocycles. The number of halogens is 2. The monoisotopic (exact) mass is 434 g/mol. The maximum absolute atomic E-state index is 6.03. The molecular formula is C21H24BrClN2O. The number of aryl methyl sites for hydroxylation is 1. The van der Waals surface area contributed by atoms with Crippen LogP contribution in [0.15, 0.2) is 46.9 Å². The van der Waals surface area contributed by atoms with Crippen LogP contribution in [0.4, 0.5) is 0 Å².